The Hall–Kier alpha value is -1.92. The third-order valence-corrected chi connectivity index (χ3v) is 3.70. The van der Waals surface area contributed by atoms with Crippen molar-refractivity contribution in [2.45, 2.75) is 19.5 Å². The van der Waals surface area contributed by atoms with E-state index in [1.807, 2.05) is 29.2 Å². The first-order valence-electron chi connectivity index (χ1n) is 7.17. The lowest BCUT2D eigenvalue weighted by atomic mass is 10.1. The Labute approximate surface area is 135 Å². The summed E-state index contributed by atoms with van der Waals surface area (Å²) in [6, 6.07) is 8.06. The molecular formula is C15H20ClN5O. The summed E-state index contributed by atoms with van der Waals surface area (Å²) in [5, 5.41) is 7.46. The van der Waals surface area contributed by atoms with Gasteiger partial charge in [-0.1, -0.05) is 18.2 Å². The molecule has 6 nitrogen and oxygen atoms in total. The van der Waals surface area contributed by atoms with Gasteiger partial charge in [0.2, 0.25) is 0 Å². The second-order valence-electron chi connectivity index (χ2n) is 5.36. The minimum Gasteiger partial charge on any atom is -0.336 e. The van der Waals surface area contributed by atoms with Gasteiger partial charge >= 0.3 is 0 Å². The maximum Gasteiger partial charge on any atom is 0.254 e. The van der Waals surface area contributed by atoms with Crippen LogP contribution in [-0.2, 0) is 6.54 Å². The number of carbonyl (C=O) groups is 1. The van der Waals surface area contributed by atoms with Crippen LogP contribution < -0.4 is 5.32 Å². The molecule has 1 unspecified atom stereocenters. The number of amides is 1. The van der Waals surface area contributed by atoms with Gasteiger partial charge < -0.3 is 10.2 Å². The van der Waals surface area contributed by atoms with Crippen LogP contribution in [0.1, 0.15) is 22.8 Å². The van der Waals surface area contributed by atoms with Crippen LogP contribution in [0.3, 0.4) is 0 Å². The van der Waals surface area contributed by atoms with E-state index in [0.717, 1.165) is 30.8 Å². The molecule has 1 fully saturated rings. The number of aromatic nitrogens is 3. The highest BCUT2D eigenvalue weighted by Crippen LogP contribution is 2.14. The number of nitrogens with one attached hydrogen (secondary N) is 1. The average molecular weight is 322 g/mol. The number of benzene rings is 1. The summed E-state index contributed by atoms with van der Waals surface area (Å²) in [4.78, 5) is 18.6. The summed E-state index contributed by atoms with van der Waals surface area (Å²) in [7, 11) is 0. The molecule has 1 saturated heterocycles. The van der Waals surface area contributed by atoms with Gasteiger partial charge in [-0.05, 0) is 18.6 Å². The van der Waals surface area contributed by atoms with Crippen LogP contribution in [0, 0.1) is 0 Å². The second-order valence-corrected chi connectivity index (χ2v) is 5.36. The Morgan fingerprint density at radius 2 is 2.23 bits per heavy atom. The number of carbonyl (C=O) groups excluding carboxylic acids is 1. The molecule has 2 aromatic rings. The van der Waals surface area contributed by atoms with Crippen molar-refractivity contribution in [3.8, 4) is 0 Å². The van der Waals surface area contributed by atoms with Crippen LogP contribution in [0.25, 0.3) is 0 Å². The number of hydrogen-bond acceptors (Lipinski definition) is 4. The van der Waals surface area contributed by atoms with Gasteiger partial charge in [-0.3, -0.25) is 4.79 Å². The van der Waals surface area contributed by atoms with E-state index in [1.54, 1.807) is 11.0 Å². The van der Waals surface area contributed by atoms with Gasteiger partial charge in [0.25, 0.3) is 5.91 Å². The monoisotopic (exact) mass is 321 g/mol. The van der Waals surface area contributed by atoms with Gasteiger partial charge in [0, 0.05) is 31.2 Å². The van der Waals surface area contributed by atoms with Gasteiger partial charge in [-0.2, -0.15) is 5.10 Å². The van der Waals surface area contributed by atoms with Crippen molar-refractivity contribution in [2.24, 2.45) is 0 Å². The normalized spacial score (nSPS) is 17.9. The Kier molecular flexibility index (Phi) is 5.51. The smallest absolute Gasteiger partial charge is 0.254 e. The van der Waals surface area contributed by atoms with Crippen molar-refractivity contribution in [1.29, 1.82) is 0 Å². The van der Waals surface area contributed by atoms with Crippen molar-refractivity contribution < 1.29 is 4.79 Å². The molecule has 7 heteroatoms. The molecule has 1 N–H and O–H groups in total. The molecule has 3 rings (SSSR count). The summed E-state index contributed by atoms with van der Waals surface area (Å²) < 4.78 is 1.73. The first kappa shape index (κ1) is 16.5. The topological polar surface area (TPSA) is 63.1 Å². The fourth-order valence-electron chi connectivity index (χ4n) is 2.64. The van der Waals surface area contributed by atoms with Crippen molar-refractivity contribution >= 4 is 18.3 Å². The molecule has 1 aromatic heterocycles. The highest BCUT2D eigenvalue weighted by atomic mass is 35.5. The number of rotatable bonds is 3. The summed E-state index contributed by atoms with van der Waals surface area (Å²) in [5.41, 5.74) is 1.72. The molecule has 1 amide bonds. The number of nitrogens with zero attached hydrogens (tertiary/aromatic N) is 4. The third-order valence-electron chi connectivity index (χ3n) is 3.70. The first-order chi connectivity index (χ1) is 10.2. The predicted molar refractivity (Wildman–Crippen MR) is 86.2 cm³/mol. The minimum atomic E-state index is 0. The van der Waals surface area contributed by atoms with E-state index >= 15 is 0 Å². The second kappa shape index (κ2) is 7.38. The lowest BCUT2D eigenvalue weighted by Crippen LogP contribution is -2.51. The van der Waals surface area contributed by atoms with E-state index in [-0.39, 0.29) is 18.3 Å². The lowest BCUT2D eigenvalue weighted by Gasteiger charge is -2.32. The zero-order valence-corrected chi connectivity index (χ0v) is 13.3. The minimum absolute atomic E-state index is 0. The Morgan fingerprint density at radius 3 is 2.95 bits per heavy atom. The zero-order valence-electron chi connectivity index (χ0n) is 12.5. The fraction of sp³-hybridized carbons (Fsp3) is 0.400. The Morgan fingerprint density at radius 1 is 1.41 bits per heavy atom. The van der Waals surface area contributed by atoms with E-state index in [4.69, 9.17) is 0 Å². The van der Waals surface area contributed by atoms with Gasteiger partial charge in [0.15, 0.2) is 0 Å². The van der Waals surface area contributed by atoms with Crippen LogP contribution in [0.15, 0.2) is 36.9 Å². The van der Waals surface area contributed by atoms with E-state index < -0.39 is 0 Å². The first-order valence-corrected chi connectivity index (χ1v) is 7.17. The standard InChI is InChI=1S/C15H19N5O.ClH/c1-12-8-19(7-6-17-12)15(21)14-5-3-2-4-13(14)9-20-11-16-10-18-20;/h2-5,10-12,17H,6-9H2,1H3;1H. The van der Waals surface area contributed by atoms with E-state index in [0.29, 0.717) is 12.6 Å². The van der Waals surface area contributed by atoms with E-state index in [1.165, 1.54) is 6.33 Å². The molecule has 118 valence electrons. The van der Waals surface area contributed by atoms with Crippen LogP contribution in [0.2, 0.25) is 0 Å². The molecule has 0 saturated carbocycles. The fourth-order valence-corrected chi connectivity index (χ4v) is 2.64. The van der Waals surface area contributed by atoms with Crippen molar-refractivity contribution in [3.05, 3.63) is 48.0 Å². The molecule has 0 aliphatic carbocycles. The van der Waals surface area contributed by atoms with Gasteiger partial charge in [0.1, 0.15) is 12.7 Å². The highest BCUT2D eigenvalue weighted by molar-refractivity contribution is 5.95. The maximum atomic E-state index is 12.7. The van der Waals surface area contributed by atoms with Crippen LogP contribution in [0.4, 0.5) is 0 Å². The Bertz CT molecular complexity index is 616. The molecule has 22 heavy (non-hydrogen) atoms. The van der Waals surface area contributed by atoms with Crippen molar-refractivity contribution in [2.75, 3.05) is 19.6 Å². The zero-order chi connectivity index (χ0) is 14.7. The average Bonchev–Trinajstić information content (AvgIpc) is 3.00. The van der Waals surface area contributed by atoms with Gasteiger partial charge in [-0.25, -0.2) is 9.67 Å². The van der Waals surface area contributed by atoms with E-state index in [9.17, 15) is 4.79 Å². The van der Waals surface area contributed by atoms with Gasteiger partial charge in [-0.15, -0.1) is 12.4 Å². The molecular weight excluding hydrogens is 302 g/mol. The number of halogens is 1. The number of hydrogen-bond donors (Lipinski definition) is 1. The molecule has 1 aliphatic rings. The molecule has 1 aromatic carbocycles. The largest absolute Gasteiger partial charge is 0.336 e. The SMILES string of the molecule is CC1CN(C(=O)c2ccccc2Cn2cncn2)CCN1.Cl. The summed E-state index contributed by atoms with van der Waals surface area (Å²) >= 11 is 0. The molecule has 0 radical (unpaired) electrons. The third kappa shape index (κ3) is 3.64. The highest BCUT2D eigenvalue weighted by Gasteiger charge is 2.23. The maximum absolute atomic E-state index is 12.7. The predicted octanol–water partition coefficient (Wildman–Crippen LogP) is 1.18. The lowest BCUT2D eigenvalue weighted by molar-refractivity contribution is 0.0708. The van der Waals surface area contributed by atoms with E-state index in [2.05, 4.69) is 22.3 Å². The summed E-state index contributed by atoms with van der Waals surface area (Å²) in [6.07, 6.45) is 3.16. The molecule has 0 bridgehead atoms. The number of piperazine rings is 1. The Balaban J connectivity index is 0.00000176. The van der Waals surface area contributed by atoms with Crippen LogP contribution >= 0.6 is 12.4 Å². The van der Waals surface area contributed by atoms with Crippen molar-refractivity contribution in [3.63, 3.8) is 0 Å². The quantitative estimate of drug-likeness (QED) is 0.922. The van der Waals surface area contributed by atoms with Gasteiger partial charge in [0.05, 0.1) is 6.54 Å². The summed E-state index contributed by atoms with van der Waals surface area (Å²) in [5.74, 6) is 0.0964. The van der Waals surface area contributed by atoms with Crippen LogP contribution in [-0.4, -0.2) is 51.2 Å². The van der Waals surface area contributed by atoms with Crippen LogP contribution in [0.5, 0.6) is 0 Å². The molecule has 0 spiro atoms. The summed E-state index contributed by atoms with van der Waals surface area (Å²) in [6.45, 7) is 5.00. The molecule has 1 aliphatic heterocycles. The molecule has 1 atom stereocenters. The molecule has 2 heterocycles. The van der Waals surface area contributed by atoms with Crippen molar-refractivity contribution in [1.82, 2.24) is 25.0 Å².